The highest BCUT2D eigenvalue weighted by atomic mass is 16.5. The number of benzene rings is 1. The van der Waals surface area contributed by atoms with Crippen molar-refractivity contribution in [3.8, 4) is 5.75 Å². The van der Waals surface area contributed by atoms with E-state index in [4.69, 9.17) is 4.74 Å². The summed E-state index contributed by atoms with van der Waals surface area (Å²) in [6, 6.07) is 5.25. The number of quaternary nitrogens is 1. The number of carboxylic acid groups (broad SMARTS) is 1. The molecule has 2 atom stereocenters. The van der Waals surface area contributed by atoms with E-state index in [2.05, 4.69) is 5.32 Å². The molecule has 1 aromatic rings. The Morgan fingerprint density at radius 2 is 2.29 bits per heavy atom. The molecule has 0 saturated carbocycles. The average molecular weight is 292 g/mol. The number of ether oxygens (including phenoxy) is 1. The van der Waals surface area contributed by atoms with Gasteiger partial charge in [-0.25, -0.2) is 0 Å². The molecule has 1 fully saturated rings. The molecule has 1 aliphatic rings. The summed E-state index contributed by atoms with van der Waals surface area (Å²) in [5.74, 6) is -0.595. The maximum atomic E-state index is 11.9. The van der Waals surface area contributed by atoms with E-state index < -0.39 is 12.0 Å². The second-order valence-electron chi connectivity index (χ2n) is 5.31. The van der Waals surface area contributed by atoms with Crippen LogP contribution in [0, 0.1) is 6.92 Å². The van der Waals surface area contributed by atoms with Gasteiger partial charge in [-0.2, -0.15) is 0 Å². The van der Waals surface area contributed by atoms with Crippen molar-refractivity contribution in [2.75, 3.05) is 20.2 Å². The summed E-state index contributed by atoms with van der Waals surface area (Å²) in [6.45, 7) is 3.83. The fourth-order valence-electron chi connectivity index (χ4n) is 2.76. The van der Waals surface area contributed by atoms with Crippen LogP contribution in [0.3, 0.4) is 0 Å². The van der Waals surface area contributed by atoms with Gasteiger partial charge < -0.3 is 24.9 Å². The molecular weight excluding hydrogens is 272 g/mol. The maximum absolute atomic E-state index is 11.9. The van der Waals surface area contributed by atoms with Gasteiger partial charge in [-0.15, -0.1) is 0 Å². The number of hydrogen-bond donors (Lipinski definition) is 2. The van der Waals surface area contributed by atoms with Crippen molar-refractivity contribution >= 4 is 11.9 Å². The average Bonchev–Trinajstić information content (AvgIpc) is 2.42. The third kappa shape index (κ3) is 3.72. The van der Waals surface area contributed by atoms with E-state index in [-0.39, 0.29) is 12.3 Å². The smallest absolute Gasteiger partial charge is 0.278 e. The molecule has 1 unspecified atom stereocenters. The zero-order valence-electron chi connectivity index (χ0n) is 12.3. The fraction of sp³-hybridized carbons (Fsp3) is 0.467. The first-order valence-electron chi connectivity index (χ1n) is 6.97. The normalized spacial score (nSPS) is 21.7. The molecule has 0 spiro atoms. The van der Waals surface area contributed by atoms with Gasteiger partial charge in [0.25, 0.3) is 5.91 Å². The van der Waals surface area contributed by atoms with Crippen LogP contribution in [0.15, 0.2) is 18.2 Å². The predicted molar refractivity (Wildman–Crippen MR) is 73.7 cm³/mol. The van der Waals surface area contributed by atoms with Crippen LogP contribution >= 0.6 is 0 Å². The van der Waals surface area contributed by atoms with Gasteiger partial charge in [0.15, 0.2) is 6.04 Å². The number of nitrogens with one attached hydrogen (secondary N) is 2. The van der Waals surface area contributed by atoms with Crippen molar-refractivity contribution in [2.45, 2.75) is 25.9 Å². The lowest BCUT2D eigenvalue weighted by Gasteiger charge is -2.32. The van der Waals surface area contributed by atoms with Crippen LogP contribution in [0.4, 0.5) is 0 Å². The number of carbonyl (C=O) groups is 2. The molecule has 1 amide bonds. The van der Waals surface area contributed by atoms with Gasteiger partial charge in [0.05, 0.1) is 20.2 Å². The zero-order chi connectivity index (χ0) is 15.4. The number of aryl methyl sites for hydroxylation is 1. The van der Waals surface area contributed by atoms with Crippen LogP contribution in [0.25, 0.3) is 0 Å². The number of carboxylic acids is 1. The molecule has 1 aliphatic heterocycles. The van der Waals surface area contributed by atoms with Gasteiger partial charge in [0.1, 0.15) is 12.3 Å². The number of piperazine rings is 1. The van der Waals surface area contributed by atoms with Crippen molar-refractivity contribution in [3.05, 3.63) is 29.3 Å². The summed E-state index contributed by atoms with van der Waals surface area (Å²) >= 11 is 0. The van der Waals surface area contributed by atoms with Gasteiger partial charge in [0, 0.05) is 18.0 Å². The van der Waals surface area contributed by atoms with Crippen molar-refractivity contribution in [2.24, 2.45) is 0 Å². The largest absolute Gasteiger partial charge is 0.550 e. The third-order valence-electron chi connectivity index (χ3n) is 3.82. The zero-order valence-corrected chi connectivity index (χ0v) is 12.3. The van der Waals surface area contributed by atoms with Gasteiger partial charge in [0.2, 0.25) is 0 Å². The number of carbonyl (C=O) groups excluding carboxylic acids is 2. The Morgan fingerprint density at radius 1 is 1.52 bits per heavy atom. The quantitative estimate of drug-likeness (QED) is 0.659. The summed E-state index contributed by atoms with van der Waals surface area (Å²) < 4.78 is 5.22. The molecule has 6 nitrogen and oxygen atoms in total. The van der Waals surface area contributed by atoms with Crippen LogP contribution in [0.5, 0.6) is 5.75 Å². The molecule has 114 valence electrons. The summed E-state index contributed by atoms with van der Waals surface area (Å²) in [4.78, 5) is 23.6. The molecule has 1 aromatic carbocycles. The van der Waals surface area contributed by atoms with Crippen LogP contribution in [0.2, 0.25) is 0 Å². The second kappa shape index (κ2) is 6.58. The number of aliphatic carboxylic acids is 1. The van der Waals surface area contributed by atoms with Crippen LogP contribution < -0.4 is 20.1 Å². The number of methoxy groups -OCH3 is 1. The molecular formula is C15H20N2O4. The van der Waals surface area contributed by atoms with Gasteiger partial charge in [-0.05, 0) is 30.7 Å². The van der Waals surface area contributed by atoms with E-state index in [9.17, 15) is 14.7 Å². The lowest BCUT2D eigenvalue weighted by molar-refractivity contribution is -0.930. The summed E-state index contributed by atoms with van der Waals surface area (Å²) in [7, 11) is 1.62. The predicted octanol–water partition coefficient (Wildman–Crippen LogP) is -1.97. The summed E-state index contributed by atoms with van der Waals surface area (Å²) in [5.41, 5.74) is 2.08. The van der Waals surface area contributed by atoms with Crippen LogP contribution in [0.1, 0.15) is 17.5 Å². The number of hydrogen-bond acceptors (Lipinski definition) is 4. The minimum Gasteiger partial charge on any atom is -0.550 e. The first-order chi connectivity index (χ1) is 10.0. The van der Waals surface area contributed by atoms with E-state index in [1.165, 1.54) is 0 Å². The SMILES string of the molecule is COc1ccc(C[NH+]2CCNC(=O)[C@H]2CC(=O)[O-])cc1C. The number of amides is 1. The maximum Gasteiger partial charge on any atom is 0.278 e. The molecule has 1 saturated heterocycles. The van der Waals surface area contributed by atoms with E-state index in [1.54, 1.807) is 7.11 Å². The van der Waals surface area contributed by atoms with E-state index >= 15 is 0 Å². The Labute approximate surface area is 123 Å². The lowest BCUT2D eigenvalue weighted by Crippen LogP contribution is -3.18. The molecule has 2 rings (SSSR count). The summed E-state index contributed by atoms with van der Waals surface area (Å²) in [5, 5.41) is 13.5. The summed E-state index contributed by atoms with van der Waals surface area (Å²) in [6.07, 6.45) is -0.254. The number of rotatable bonds is 5. The third-order valence-corrected chi connectivity index (χ3v) is 3.82. The fourth-order valence-corrected chi connectivity index (χ4v) is 2.76. The first-order valence-corrected chi connectivity index (χ1v) is 6.97. The van der Waals surface area contributed by atoms with Gasteiger partial charge in [-0.3, -0.25) is 4.79 Å². The van der Waals surface area contributed by atoms with E-state index in [0.29, 0.717) is 19.6 Å². The van der Waals surface area contributed by atoms with E-state index in [0.717, 1.165) is 21.8 Å². The topological polar surface area (TPSA) is 82.9 Å². The molecule has 21 heavy (non-hydrogen) atoms. The van der Waals surface area contributed by atoms with Crippen molar-refractivity contribution < 1.29 is 24.3 Å². The van der Waals surface area contributed by atoms with Crippen molar-refractivity contribution in [3.63, 3.8) is 0 Å². The Hall–Kier alpha value is -2.08. The Balaban J connectivity index is 2.13. The molecule has 0 radical (unpaired) electrons. The molecule has 2 N–H and O–H groups in total. The minimum absolute atomic E-state index is 0.217. The molecule has 0 aromatic heterocycles. The Kier molecular flexibility index (Phi) is 4.80. The van der Waals surface area contributed by atoms with E-state index in [1.807, 2.05) is 25.1 Å². The van der Waals surface area contributed by atoms with Crippen molar-refractivity contribution in [1.29, 1.82) is 0 Å². The van der Waals surface area contributed by atoms with Gasteiger partial charge >= 0.3 is 0 Å². The monoisotopic (exact) mass is 292 g/mol. The molecule has 0 aliphatic carbocycles. The highest BCUT2D eigenvalue weighted by Crippen LogP contribution is 2.18. The lowest BCUT2D eigenvalue weighted by atomic mass is 10.1. The highest BCUT2D eigenvalue weighted by molar-refractivity contribution is 5.84. The first kappa shape index (κ1) is 15.3. The van der Waals surface area contributed by atoms with Crippen LogP contribution in [-0.4, -0.2) is 38.1 Å². The standard InChI is InChI=1S/C15H20N2O4/c1-10-7-11(3-4-13(10)21-2)9-17-6-5-16-15(20)12(17)8-14(18)19/h3-4,7,12H,5-6,8-9H2,1-2H3,(H,16,20)(H,18,19)/t12-/m1/s1. The second-order valence-corrected chi connectivity index (χ2v) is 5.31. The van der Waals surface area contributed by atoms with Crippen LogP contribution in [-0.2, 0) is 16.1 Å². The molecule has 0 bridgehead atoms. The molecule has 1 heterocycles. The highest BCUT2D eigenvalue weighted by Gasteiger charge is 2.33. The van der Waals surface area contributed by atoms with Gasteiger partial charge in [-0.1, -0.05) is 0 Å². The molecule has 6 heteroatoms. The Morgan fingerprint density at radius 3 is 2.90 bits per heavy atom. The Bertz CT molecular complexity index is 544. The van der Waals surface area contributed by atoms with Crippen molar-refractivity contribution in [1.82, 2.24) is 5.32 Å². The minimum atomic E-state index is -1.19.